The molecule has 0 heterocycles. The highest BCUT2D eigenvalue weighted by molar-refractivity contribution is 8.00. The van der Waals surface area contributed by atoms with Crippen LogP contribution in [0.25, 0.3) is 0 Å². The second-order valence-corrected chi connectivity index (χ2v) is 6.92. The molecule has 1 amide bonds. The lowest BCUT2D eigenvalue weighted by Gasteiger charge is -2.14. The fraction of sp³-hybridized carbons (Fsp3) is 0.278. The number of carbonyl (C=O) groups excluding carboxylic acids is 1. The minimum atomic E-state index is -1.12. The molecule has 0 unspecified atom stereocenters. The topological polar surface area (TPSA) is 29.1 Å². The van der Waals surface area contributed by atoms with Crippen molar-refractivity contribution in [2.75, 3.05) is 5.32 Å². The van der Waals surface area contributed by atoms with Gasteiger partial charge in [-0.15, -0.1) is 11.8 Å². The van der Waals surface area contributed by atoms with E-state index in [1.165, 1.54) is 37.8 Å². The maximum Gasteiger partial charge on any atom is 0.258 e. The van der Waals surface area contributed by atoms with Gasteiger partial charge < -0.3 is 5.32 Å². The molecule has 0 atom stereocenters. The zero-order valence-corrected chi connectivity index (χ0v) is 13.3. The molecule has 2 nitrogen and oxygen atoms in total. The van der Waals surface area contributed by atoms with Crippen LogP contribution in [0.4, 0.5) is 14.5 Å². The van der Waals surface area contributed by atoms with Crippen molar-refractivity contribution in [2.45, 2.75) is 35.8 Å². The largest absolute Gasteiger partial charge is 0.321 e. The SMILES string of the molecule is O=C(Nc1ccccc1SC1CCCC1)c1cccc(F)c1F. The Kier molecular flexibility index (Phi) is 4.96. The van der Waals surface area contributed by atoms with E-state index in [2.05, 4.69) is 5.32 Å². The molecule has 1 aliphatic carbocycles. The zero-order valence-electron chi connectivity index (χ0n) is 12.5. The second-order valence-electron chi connectivity index (χ2n) is 5.58. The summed E-state index contributed by atoms with van der Waals surface area (Å²) in [7, 11) is 0. The van der Waals surface area contributed by atoms with Crippen LogP contribution >= 0.6 is 11.8 Å². The van der Waals surface area contributed by atoms with E-state index in [1.54, 1.807) is 17.8 Å². The van der Waals surface area contributed by atoms with Crippen LogP contribution in [-0.4, -0.2) is 11.2 Å². The number of benzene rings is 2. The van der Waals surface area contributed by atoms with Crippen LogP contribution < -0.4 is 5.32 Å². The number of anilines is 1. The molecule has 1 saturated carbocycles. The third-order valence-corrected chi connectivity index (χ3v) is 5.34. The highest BCUT2D eigenvalue weighted by atomic mass is 32.2. The van der Waals surface area contributed by atoms with Crippen molar-refractivity contribution in [3.05, 3.63) is 59.7 Å². The van der Waals surface area contributed by atoms with Crippen LogP contribution in [-0.2, 0) is 0 Å². The van der Waals surface area contributed by atoms with Gasteiger partial charge in [0, 0.05) is 10.1 Å². The fourth-order valence-corrected chi connectivity index (χ4v) is 4.06. The lowest BCUT2D eigenvalue weighted by molar-refractivity contribution is 0.102. The van der Waals surface area contributed by atoms with Gasteiger partial charge in [-0.2, -0.15) is 0 Å². The molecular formula is C18H17F2NOS. The van der Waals surface area contributed by atoms with E-state index in [0.717, 1.165) is 11.0 Å². The van der Waals surface area contributed by atoms with Crippen molar-refractivity contribution in [2.24, 2.45) is 0 Å². The van der Waals surface area contributed by atoms with Crippen LogP contribution in [0.3, 0.4) is 0 Å². The first-order valence-electron chi connectivity index (χ1n) is 7.66. The third-order valence-electron chi connectivity index (χ3n) is 3.93. The Hall–Kier alpha value is -1.88. The number of nitrogens with one attached hydrogen (secondary N) is 1. The van der Waals surface area contributed by atoms with Crippen LogP contribution in [0.5, 0.6) is 0 Å². The molecule has 1 N–H and O–H groups in total. The highest BCUT2D eigenvalue weighted by Gasteiger charge is 2.19. The summed E-state index contributed by atoms with van der Waals surface area (Å²) in [5.41, 5.74) is 0.351. The van der Waals surface area contributed by atoms with Crippen molar-refractivity contribution >= 4 is 23.4 Å². The van der Waals surface area contributed by atoms with Gasteiger partial charge in [0.05, 0.1) is 11.3 Å². The lowest BCUT2D eigenvalue weighted by Crippen LogP contribution is -2.15. The van der Waals surface area contributed by atoms with E-state index in [1.807, 2.05) is 18.2 Å². The molecule has 3 rings (SSSR count). The summed E-state index contributed by atoms with van der Waals surface area (Å²) >= 11 is 1.74. The third kappa shape index (κ3) is 3.72. The van der Waals surface area contributed by atoms with Crippen molar-refractivity contribution in [3.63, 3.8) is 0 Å². The molecule has 0 radical (unpaired) electrons. The highest BCUT2D eigenvalue weighted by Crippen LogP contribution is 2.38. The first-order chi connectivity index (χ1) is 11.1. The van der Waals surface area contributed by atoms with E-state index in [0.29, 0.717) is 10.9 Å². The first-order valence-corrected chi connectivity index (χ1v) is 8.54. The van der Waals surface area contributed by atoms with Crippen molar-refractivity contribution in [1.29, 1.82) is 0 Å². The van der Waals surface area contributed by atoms with E-state index >= 15 is 0 Å². The molecule has 2 aromatic rings. The van der Waals surface area contributed by atoms with E-state index in [4.69, 9.17) is 0 Å². The van der Waals surface area contributed by atoms with Gasteiger partial charge in [-0.1, -0.05) is 31.0 Å². The number of hydrogen-bond acceptors (Lipinski definition) is 2. The van der Waals surface area contributed by atoms with Crippen LogP contribution in [0.2, 0.25) is 0 Å². The summed E-state index contributed by atoms with van der Waals surface area (Å²) in [6.07, 6.45) is 4.82. The Balaban J connectivity index is 1.79. The van der Waals surface area contributed by atoms with Gasteiger partial charge in [-0.3, -0.25) is 4.79 Å². The molecule has 23 heavy (non-hydrogen) atoms. The number of carbonyl (C=O) groups is 1. The van der Waals surface area contributed by atoms with Gasteiger partial charge in [-0.25, -0.2) is 8.78 Å². The number of para-hydroxylation sites is 1. The Morgan fingerprint density at radius 3 is 2.57 bits per heavy atom. The maximum absolute atomic E-state index is 13.7. The summed E-state index contributed by atoms with van der Waals surface area (Å²) in [4.78, 5) is 13.2. The van der Waals surface area contributed by atoms with Gasteiger partial charge in [0.2, 0.25) is 0 Å². The van der Waals surface area contributed by atoms with Gasteiger partial charge in [0.1, 0.15) is 0 Å². The normalized spacial score (nSPS) is 14.9. The molecular weight excluding hydrogens is 316 g/mol. The van der Waals surface area contributed by atoms with Crippen LogP contribution in [0.15, 0.2) is 47.4 Å². The van der Waals surface area contributed by atoms with E-state index < -0.39 is 17.5 Å². The standard InChI is InChI=1S/C18H17F2NOS/c19-14-9-5-8-13(17(14)20)18(22)21-15-10-3-4-11-16(15)23-12-6-1-2-7-12/h3-5,8-12H,1-2,6-7H2,(H,21,22). The minimum absolute atomic E-state index is 0.286. The summed E-state index contributed by atoms with van der Waals surface area (Å²) < 4.78 is 27.0. The van der Waals surface area contributed by atoms with Gasteiger partial charge in [-0.05, 0) is 37.1 Å². The molecule has 0 aromatic heterocycles. The summed E-state index contributed by atoms with van der Waals surface area (Å²) in [6.45, 7) is 0. The molecule has 2 aromatic carbocycles. The zero-order chi connectivity index (χ0) is 16.2. The van der Waals surface area contributed by atoms with Gasteiger partial charge >= 0.3 is 0 Å². The van der Waals surface area contributed by atoms with E-state index in [-0.39, 0.29) is 5.56 Å². The number of halogens is 2. The van der Waals surface area contributed by atoms with Gasteiger partial charge in [0.15, 0.2) is 11.6 Å². The molecule has 0 bridgehead atoms. The quantitative estimate of drug-likeness (QED) is 0.828. The minimum Gasteiger partial charge on any atom is -0.321 e. The predicted molar refractivity (Wildman–Crippen MR) is 88.9 cm³/mol. The molecule has 1 fully saturated rings. The molecule has 0 spiro atoms. The average Bonchev–Trinajstić information content (AvgIpc) is 3.05. The van der Waals surface area contributed by atoms with Crippen LogP contribution in [0.1, 0.15) is 36.0 Å². The number of thioether (sulfide) groups is 1. The first kappa shape index (κ1) is 16.0. The molecule has 0 aliphatic heterocycles. The van der Waals surface area contributed by atoms with Crippen molar-refractivity contribution in [3.8, 4) is 0 Å². The maximum atomic E-state index is 13.7. The smallest absolute Gasteiger partial charge is 0.258 e. The van der Waals surface area contributed by atoms with E-state index in [9.17, 15) is 13.6 Å². The number of rotatable bonds is 4. The summed E-state index contributed by atoms with van der Waals surface area (Å²) in [5, 5.41) is 3.26. The number of amides is 1. The predicted octanol–water partition coefficient (Wildman–Crippen LogP) is 5.25. The lowest BCUT2D eigenvalue weighted by atomic mass is 10.2. The number of hydrogen-bond donors (Lipinski definition) is 1. The second kappa shape index (κ2) is 7.13. The summed E-state index contributed by atoms with van der Waals surface area (Å²) in [6, 6.07) is 11.1. The Labute approximate surface area is 138 Å². The molecule has 5 heteroatoms. The molecule has 120 valence electrons. The Morgan fingerprint density at radius 1 is 1.04 bits per heavy atom. The molecule has 1 aliphatic rings. The van der Waals surface area contributed by atoms with Crippen molar-refractivity contribution < 1.29 is 13.6 Å². The fourth-order valence-electron chi connectivity index (χ4n) is 2.73. The Morgan fingerprint density at radius 2 is 1.78 bits per heavy atom. The van der Waals surface area contributed by atoms with Crippen LogP contribution in [0, 0.1) is 11.6 Å². The van der Waals surface area contributed by atoms with Crippen molar-refractivity contribution in [1.82, 2.24) is 0 Å². The average molecular weight is 333 g/mol. The Bertz CT molecular complexity index is 714. The monoisotopic (exact) mass is 333 g/mol. The summed E-state index contributed by atoms with van der Waals surface area (Å²) in [5.74, 6) is -2.78. The van der Waals surface area contributed by atoms with Gasteiger partial charge in [0.25, 0.3) is 5.91 Å². The molecule has 0 saturated heterocycles.